The third-order valence-electron chi connectivity index (χ3n) is 4.27. The molecule has 0 bridgehead atoms. The fourth-order valence-electron chi connectivity index (χ4n) is 2.96. The van der Waals surface area contributed by atoms with Crippen LogP contribution in [0.2, 0.25) is 0 Å². The van der Waals surface area contributed by atoms with Gasteiger partial charge in [-0.05, 0) is 37.3 Å². The molecule has 2 aromatic rings. The number of hydrogen-bond donors (Lipinski definition) is 2. The molecule has 1 aliphatic rings. The van der Waals surface area contributed by atoms with Gasteiger partial charge in [0, 0.05) is 12.1 Å². The molecule has 0 spiro atoms. The van der Waals surface area contributed by atoms with E-state index in [2.05, 4.69) is 22.7 Å². The van der Waals surface area contributed by atoms with E-state index in [1.807, 2.05) is 0 Å². The second-order valence-electron chi connectivity index (χ2n) is 6.45. The zero-order valence-electron chi connectivity index (χ0n) is 14.1. The highest BCUT2D eigenvalue weighted by Gasteiger charge is 2.22. The van der Waals surface area contributed by atoms with Gasteiger partial charge in [-0.1, -0.05) is 24.2 Å². The van der Waals surface area contributed by atoms with Crippen LogP contribution in [0.1, 0.15) is 37.6 Å². The van der Waals surface area contributed by atoms with E-state index < -0.39 is 5.82 Å². The quantitative estimate of drug-likeness (QED) is 0.840. The van der Waals surface area contributed by atoms with Crippen LogP contribution in [0.4, 0.5) is 9.18 Å². The lowest BCUT2D eigenvalue weighted by atomic mass is 10.1. The average Bonchev–Trinajstić information content (AvgIpc) is 3.21. The fourth-order valence-corrected chi connectivity index (χ4v) is 2.96. The van der Waals surface area contributed by atoms with Gasteiger partial charge in [0.25, 0.3) is 0 Å². The molecule has 0 saturated heterocycles. The molecule has 3 rings (SSSR count). The normalized spacial score (nSPS) is 19.6. The number of carbonyl (C=O) groups is 1. The number of rotatable bonds is 6. The molecule has 2 amide bonds. The van der Waals surface area contributed by atoms with Gasteiger partial charge in [0.05, 0.1) is 6.54 Å². The van der Waals surface area contributed by atoms with Crippen molar-refractivity contribution in [3.63, 3.8) is 0 Å². The summed E-state index contributed by atoms with van der Waals surface area (Å²) in [5.41, 5.74) is 0.585. The van der Waals surface area contributed by atoms with Gasteiger partial charge < -0.3 is 19.9 Å². The van der Waals surface area contributed by atoms with Crippen LogP contribution in [0.15, 0.2) is 34.9 Å². The monoisotopic (exact) mass is 347 g/mol. The SMILES string of the molecule is C[C@H]1CC[C@@H](NC(=O)NCc2cc(COc3ccccc3F)on2)C1. The van der Waals surface area contributed by atoms with E-state index in [1.54, 1.807) is 24.3 Å². The summed E-state index contributed by atoms with van der Waals surface area (Å²) in [5.74, 6) is 0.855. The first-order valence-corrected chi connectivity index (χ1v) is 8.46. The van der Waals surface area contributed by atoms with Gasteiger partial charge in [0.1, 0.15) is 12.3 Å². The molecule has 1 fully saturated rings. The van der Waals surface area contributed by atoms with Gasteiger partial charge in [-0.15, -0.1) is 0 Å². The van der Waals surface area contributed by atoms with E-state index in [4.69, 9.17) is 9.26 Å². The highest BCUT2D eigenvalue weighted by atomic mass is 19.1. The molecule has 134 valence electrons. The minimum Gasteiger partial charge on any atom is -0.482 e. The number of para-hydroxylation sites is 1. The molecule has 0 unspecified atom stereocenters. The van der Waals surface area contributed by atoms with E-state index in [1.165, 1.54) is 6.07 Å². The van der Waals surface area contributed by atoms with E-state index in [9.17, 15) is 9.18 Å². The van der Waals surface area contributed by atoms with Crippen molar-refractivity contribution in [2.24, 2.45) is 5.92 Å². The molecule has 1 aromatic carbocycles. The first kappa shape index (κ1) is 17.3. The van der Waals surface area contributed by atoms with E-state index in [-0.39, 0.29) is 31.0 Å². The minimum atomic E-state index is -0.429. The lowest BCUT2D eigenvalue weighted by Gasteiger charge is -2.12. The molecule has 25 heavy (non-hydrogen) atoms. The molecular weight excluding hydrogens is 325 g/mol. The lowest BCUT2D eigenvalue weighted by Crippen LogP contribution is -2.40. The molecule has 7 heteroatoms. The van der Waals surface area contributed by atoms with E-state index in [0.717, 1.165) is 19.3 Å². The van der Waals surface area contributed by atoms with Crippen LogP contribution in [0.25, 0.3) is 0 Å². The van der Waals surface area contributed by atoms with E-state index >= 15 is 0 Å². The van der Waals surface area contributed by atoms with Crippen molar-refractivity contribution in [2.45, 2.75) is 45.4 Å². The van der Waals surface area contributed by atoms with Gasteiger partial charge in [-0.2, -0.15) is 0 Å². The Hall–Kier alpha value is -2.57. The van der Waals surface area contributed by atoms with Crippen LogP contribution in [0.3, 0.4) is 0 Å². The van der Waals surface area contributed by atoms with Crippen molar-refractivity contribution in [1.82, 2.24) is 15.8 Å². The summed E-state index contributed by atoms with van der Waals surface area (Å²) >= 11 is 0. The third-order valence-corrected chi connectivity index (χ3v) is 4.27. The number of carbonyl (C=O) groups excluding carboxylic acids is 1. The standard InChI is InChI=1S/C18H22FN3O3/c1-12-6-7-13(8-12)21-18(23)20-10-14-9-15(25-22-14)11-24-17-5-3-2-4-16(17)19/h2-5,9,12-13H,6-8,10-11H2,1H3,(H2,20,21,23)/t12-,13+/m0/s1. The van der Waals surface area contributed by atoms with Gasteiger partial charge >= 0.3 is 6.03 Å². The molecule has 6 nitrogen and oxygen atoms in total. The largest absolute Gasteiger partial charge is 0.482 e. The van der Waals surface area contributed by atoms with Crippen LogP contribution < -0.4 is 15.4 Å². The second kappa shape index (κ2) is 8.00. The third kappa shape index (κ3) is 4.95. The van der Waals surface area contributed by atoms with Crippen molar-refractivity contribution in [2.75, 3.05) is 0 Å². The highest BCUT2D eigenvalue weighted by molar-refractivity contribution is 5.74. The first-order chi connectivity index (χ1) is 12.1. The number of amides is 2. The number of benzene rings is 1. The van der Waals surface area contributed by atoms with Crippen LogP contribution in [-0.4, -0.2) is 17.2 Å². The predicted molar refractivity (Wildman–Crippen MR) is 89.4 cm³/mol. The highest BCUT2D eigenvalue weighted by Crippen LogP contribution is 2.24. The Morgan fingerprint density at radius 1 is 1.40 bits per heavy atom. The summed E-state index contributed by atoms with van der Waals surface area (Å²) < 4.78 is 24.0. The number of ether oxygens (including phenoxy) is 1. The number of hydrogen-bond acceptors (Lipinski definition) is 4. The Bertz CT molecular complexity index is 719. The molecule has 1 aliphatic carbocycles. The zero-order valence-corrected chi connectivity index (χ0v) is 14.1. The second-order valence-corrected chi connectivity index (χ2v) is 6.45. The maximum absolute atomic E-state index is 13.5. The van der Waals surface area contributed by atoms with Crippen LogP contribution >= 0.6 is 0 Å². The van der Waals surface area contributed by atoms with Crippen molar-refractivity contribution in [3.8, 4) is 5.75 Å². The molecule has 1 aromatic heterocycles. The zero-order chi connectivity index (χ0) is 17.6. The van der Waals surface area contributed by atoms with Gasteiger partial charge in [0.2, 0.25) is 0 Å². The van der Waals surface area contributed by atoms with Crippen molar-refractivity contribution < 1.29 is 18.4 Å². The van der Waals surface area contributed by atoms with Crippen LogP contribution in [-0.2, 0) is 13.2 Å². The van der Waals surface area contributed by atoms with Gasteiger partial charge in [-0.3, -0.25) is 0 Å². The van der Waals surface area contributed by atoms with Crippen LogP contribution in [0, 0.1) is 11.7 Å². The van der Waals surface area contributed by atoms with Crippen molar-refractivity contribution in [3.05, 3.63) is 47.6 Å². The predicted octanol–water partition coefficient (Wildman–Crippen LogP) is 3.38. The molecule has 1 saturated carbocycles. The Kier molecular flexibility index (Phi) is 5.53. The molecule has 2 N–H and O–H groups in total. The minimum absolute atomic E-state index is 0.0695. The maximum atomic E-state index is 13.5. The summed E-state index contributed by atoms with van der Waals surface area (Å²) in [7, 11) is 0. The summed E-state index contributed by atoms with van der Waals surface area (Å²) in [6.45, 7) is 2.53. The maximum Gasteiger partial charge on any atom is 0.315 e. The Labute approximate surface area is 145 Å². The summed E-state index contributed by atoms with van der Waals surface area (Å²) in [6, 6.07) is 7.88. The lowest BCUT2D eigenvalue weighted by molar-refractivity contribution is 0.235. The number of aromatic nitrogens is 1. The molecule has 0 radical (unpaired) electrons. The first-order valence-electron chi connectivity index (χ1n) is 8.46. The number of urea groups is 1. The Balaban J connectivity index is 1.42. The van der Waals surface area contributed by atoms with Gasteiger partial charge in [-0.25, -0.2) is 9.18 Å². The fraction of sp³-hybridized carbons (Fsp3) is 0.444. The Morgan fingerprint density at radius 2 is 2.24 bits per heavy atom. The summed E-state index contributed by atoms with van der Waals surface area (Å²) in [4.78, 5) is 11.9. The van der Waals surface area contributed by atoms with Crippen molar-refractivity contribution >= 4 is 6.03 Å². The molecule has 1 heterocycles. The number of nitrogens with zero attached hydrogens (tertiary/aromatic N) is 1. The average molecular weight is 347 g/mol. The molecule has 0 aliphatic heterocycles. The summed E-state index contributed by atoms with van der Waals surface area (Å²) in [5, 5.41) is 9.60. The molecular formula is C18H22FN3O3. The smallest absolute Gasteiger partial charge is 0.315 e. The van der Waals surface area contributed by atoms with E-state index in [0.29, 0.717) is 17.4 Å². The van der Waals surface area contributed by atoms with Crippen LogP contribution in [0.5, 0.6) is 5.75 Å². The molecule has 2 atom stereocenters. The number of halogens is 1. The summed E-state index contributed by atoms with van der Waals surface area (Å²) in [6.07, 6.45) is 3.20. The topological polar surface area (TPSA) is 76.4 Å². The van der Waals surface area contributed by atoms with Crippen molar-refractivity contribution in [1.29, 1.82) is 0 Å². The van der Waals surface area contributed by atoms with Gasteiger partial charge in [0.15, 0.2) is 17.3 Å². The Morgan fingerprint density at radius 3 is 3.00 bits per heavy atom. The number of nitrogens with one attached hydrogen (secondary N) is 2.